The SMILES string of the molecule is CC(C)CNC(=NCC(=O)N(C)C)N1CCCC(S(=O)(=O)NC2CCCC2)C1.I. The van der Waals surface area contributed by atoms with Crippen LogP contribution in [0.15, 0.2) is 4.99 Å². The van der Waals surface area contributed by atoms with E-state index in [1.165, 1.54) is 4.90 Å². The lowest BCUT2D eigenvalue weighted by Crippen LogP contribution is -2.53. The fourth-order valence-corrected chi connectivity index (χ4v) is 5.35. The number of nitrogens with zero attached hydrogens (tertiary/aromatic N) is 3. The van der Waals surface area contributed by atoms with Gasteiger partial charge in [-0.15, -0.1) is 24.0 Å². The van der Waals surface area contributed by atoms with Crippen LogP contribution in [0.5, 0.6) is 0 Å². The summed E-state index contributed by atoms with van der Waals surface area (Å²) in [6.07, 6.45) is 5.52. The van der Waals surface area contributed by atoms with Crippen molar-refractivity contribution in [2.24, 2.45) is 10.9 Å². The molecule has 1 aliphatic carbocycles. The van der Waals surface area contributed by atoms with Crippen LogP contribution in [-0.2, 0) is 14.8 Å². The number of hydrogen-bond donors (Lipinski definition) is 2. The van der Waals surface area contributed by atoms with Gasteiger partial charge in [-0.25, -0.2) is 18.1 Å². The quantitative estimate of drug-likeness (QED) is 0.289. The number of carbonyl (C=O) groups excluding carboxylic acids is 1. The topological polar surface area (TPSA) is 94.1 Å². The molecule has 0 aromatic rings. The molecule has 1 aliphatic heterocycles. The predicted octanol–water partition coefficient (Wildman–Crippen LogP) is 1.62. The Hall–Kier alpha value is -0.620. The normalized spacial score (nSPS) is 21.2. The van der Waals surface area contributed by atoms with Crippen molar-refractivity contribution < 1.29 is 13.2 Å². The fraction of sp³-hybridized carbons (Fsp3) is 0.895. The Balaban J connectivity index is 0.00000420. The molecule has 1 unspecified atom stereocenters. The van der Waals surface area contributed by atoms with Gasteiger partial charge in [-0.3, -0.25) is 4.79 Å². The fourth-order valence-electron chi connectivity index (χ4n) is 3.60. The minimum absolute atomic E-state index is 0. The highest BCUT2D eigenvalue weighted by atomic mass is 127. The van der Waals surface area contributed by atoms with Crippen molar-refractivity contribution in [1.82, 2.24) is 19.8 Å². The third-order valence-corrected chi connectivity index (χ3v) is 7.26. The molecule has 1 saturated heterocycles. The van der Waals surface area contributed by atoms with Crippen LogP contribution >= 0.6 is 24.0 Å². The second-order valence-corrected chi connectivity index (χ2v) is 10.5. The molecule has 2 aliphatic rings. The minimum atomic E-state index is -3.36. The number of piperidine rings is 1. The standard InChI is InChI=1S/C19H37N5O3S.HI/c1-15(2)12-20-19(21-13-18(25)23(3)4)24-11-7-10-17(14-24)28(26,27)22-16-8-5-6-9-16;/h15-17,22H,5-14H2,1-4H3,(H,20,21);1H. The summed E-state index contributed by atoms with van der Waals surface area (Å²) < 4.78 is 28.7. The molecule has 0 spiro atoms. The third-order valence-electron chi connectivity index (χ3n) is 5.33. The summed E-state index contributed by atoms with van der Waals surface area (Å²) >= 11 is 0. The smallest absolute Gasteiger partial charge is 0.243 e. The summed E-state index contributed by atoms with van der Waals surface area (Å²) in [5.41, 5.74) is 0. The van der Waals surface area contributed by atoms with Gasteiger partial charge in [0.25, 0.3) is 0 Å². The summed E-state index contributed by atoms with van der Waals surface area (Å²) in [7, 11) is 0.0524. The zero-order valence-electron chi connectivity index (χ0n) is 18.2. The first-order valence-corrected chi connectivity index (χ1v) is 12.0. The lowest BCUT2D eigenvalue weighted by Gasteiger charge is -2.35. The van der Waals surface area contributed by atoms with E-state index in [2.05, 4.69) is 28.9 Å². The van der Waals surface area contributed by atoms with E-state index in [-0.39, 0.29) is 42.5 Å². The molecule has 0 aromatic heterocycles. The Kier molecular flexibility index (Phi) is 11.2. The number of aliphatic imine (C=N–C) groups is 1. The number of sulfonamides is 1. The van der Waals surface area contributed by atoms with E-state index in [4.69, 9.17) is 0 Å². The summed E-state index contributed by atoms with van der Waals surface area (Å²) in [6.45, 7) is 6.14. The van der Waals surface area contributed by atoms with Crippen molar-refractivity contribution in [2.75, 3.05) is 40.3 Å². The number of likely N-dealkylation sites (N-methyl/N-ethyl adjacent to an activating group) is 1. The molecule has 1 atom stereocenters. The average Bonchev–Trinajstić information content (AvgIpc) is 3.13. The van der Waals surface area contributed by atoms with E-state index in [1.54, 1.807) is 14.1 Å². The number of halogens is 1. The molecule has 1 heterocycles. The third kappa shape index (κ3) is 8.56. The maximum atomic E-state index is 12.9. The van der Waals surface area contributed by atoms with Crippen molar-refractivity contribution in [3.8, 4) is 0 Å². The van der Waals surface area contributed by atoms with Crippen LogP contribution in [-0.4, -0.2) is 81.7 Å². The Morgan fingerprint density at radius 2 is 1.83 bits per heavy atom. The highest BCUT2D eigenvalue weighted by Crippen LogP contribution is 2.22. The molecule has 10 heteroatoms. The van der Waals surface area contributed by atoms with Crippen LogP contribution in [0.4, 0.5) is 0 Å². The van der Waals surface area contributed by atoms with Crippen molar-refractivity contribution >= 4 is 45.9 Å². The van der Waals surface area contributed by atoms with E-state index < -0.39 is 15.3 Å². The number of rotatable bonds is 7. The molecule has 170 valence electrons. The van der Waals surface area contributed by atoms with E-state index in [1.807, 2.05) is 4.90 Å². The van der Waals surface area contributed by atoms with Crippen LogP contribution in [0.1, 0.15) is 52.4 Å². The Labute approximate surface area is 193 Å². The summed E-state index contributed by atoms with van der Waals surface area (Å²) in [5, 5.41) is 2.87. The number of likely N-dealkylation sites (tertiary alicyclic amines) is 1. The van der Waals surface area contributed by atoms with Crippen LogP contribution in [0.2, 0.25) is 0 Å². The zero-order chi connectivity index (χ0) is 20.7. The molecule has 29 heavy (non-hydrogen) atoms. The molecule has 0 bridgehead atoms. The van der Waals surface area contributed by atoms with Crippen molar-refractivity contribution in [3.05, 3.63) is 0 Å². The number of carbonyl (C=O) groups is 1. The Bertz CT molecular complexity index is 648. The maximum absolute atomic E-state index is 12.9. The highest BCUT2D eigenvalue weighted by molar-refractivity contribution is 14.0. The first kappa shape index (κ1) is 26.4. The van der Waals surface area contributed by atoms with Crippen LogP contribution in [0, 0.1) is 5.92 Å². The molecule has 0 radical (unpaired) electrons. The molecular formula is C19H38IN5O3S. The first-order chi connectivity index (χ1) is 13.2. The minimum Gasteiger partial charge on any atom is -0.356 e. The summed E-state index contributed by atoms with van der Waals surface area (Å²) in [6, 6.07) is 0.0882. The lowest BCUT2D eigenvalue weighted by molar-refractivity contribution is -0.127. The van der Waals surface area contributed by atoms with Gasteiger partial charge in [0, 0.05) is 39.8 Å². The van der Waals surface area contributed by atoms with E-state index in [0.717, 1.165) is 45.2 Å². The monoisotopic (exact) mass is 543 g/mol. The number of amides is 1. The molecule has 0 aromatic carbocycles. The van der Waals surface area contributed by atoms with Crippen molar-refractivity contribution in [3.63, 3.8) is 0 Å². The van der Waals surface area contributed by atoms with E-state index in [0.29, 0.717) is 24.8 Å². The Morgan fingerprint density at radius 1 is 1.17 bits per heavy atom. The van der Waals surface area contributed by atoms with Gasteiger partial charge in [0.15, 0.2) is 5.96 Å². The number of nitrogens with one attached hydrogen (secondary N) is 2. The van der Waals surface area contributed by atoms with Gasteiger partial charge in [0.05, 0.1) is 5.25 Å². The van der Waals surface area contributed by atoms with Crippen molar-refractivity contribution in [2.45, 2.75) is 63.7 Å². The molecular weight excluding hydrogens is 505 g/mol. The molecule has 8 nitrogen and oxygen atoms in total. The van der Waals surface area contributed by atoms with E-state index in [9.17, 15) is 13.2 Å². The van der Waals surface area contributed by atoms with Gasteiger partial charge in [-0.2, -0.15) is 0 Å². The highest BCUT2D eigenvalue weighted by Gasteiger charge is 2.34. The van der Waals surface area contributed by atoms with Gasteiger partial charge in [-0.05, 0) is 31.6 Å². The number of guanidine groups is 1. The lowest BCUT2D eigenvalue weighted by atomic mass is 10.1. The van der Waals surface area contributed by atoms with Crippen LogP contribution in [0.3, 0.4) is 0 Å². The van der Waals surface area contributed by atoms with Gasteiger partial charge < -0.3 is 15.1 Å². The summed E-state index contributed by atoms with van der Waals surface area (Å²) in [4.78, 5) is 19.9. The second kappa shape index (κ2) is 12.3. The summed E-state index contributed by atoms with van der Waals surface area (Å²) in [5.74, 6) is 0.973. The Morgan fingerprint density at radius 3 is 2.41 bits per heavy atom. The largest absolute Gasteiger partial charge is 0.356 e. The average molecular weight is 544 g/mol. The molecule has 2 rings (SSSR count). The predicted molar refractivity (Wildman–Crippen MR) is 128 cm³/mol. The molecule has 2 N–H and O–H groups in total. The van der Waals surface area contributed by atoms with E-state index >= 15 is 0 Å². The van der Waals surface area contributed by atoms with Gasteiger partial charge in [0.2, 0.25) is 15.9 Å². The van der Waals surface area contributed by atoms with Gasteiger partial charge in [0.1, 0.15) is 6.54 Å². The van der Waals surface area contributed by atoms with Gasteiger partial charge in [-0.1, -0.05) is 26.7 Å². The molecule has 1 amide bonds. The van der Waals surface area contributed by atoms with Crippen LogP contribution in [0.25, 0.3) is 0 Å². The first-order valence-electron chi connectivity index (χ1n) is 10.4. The van der Waals surface area contributed by atoms with Crippen molar-refractivity contribution in [1.29, 1.82) is 0 Å². The molecule has 2 fully saturated rings. The van der Waals surface area contributed by atoms with Gasteiger partial charge >= 0.3 is 0 Å². The number of hydrogen-bond acceptors (Lipinski definition) is 4. The molecule has 1 saturated carbocycles. The maximum Gasteiger partial charge on any atom is 0.243 e. The zero-order valence-corrected chi connectivity index (χ0v) is 21.3. The second-order valence-electron chi connectivity index (χ2n) is 8.56. The van der Waals surface area contributed by atoms with Crippen LogP contribution < -0.4 is 10.0 Å².